The Hall–Kier alpha value is -1.30. The molecule has 2 N–H and O–H groups in total. The lowest BCUT2D eigenvalue weighted by molar-refractivity contribution is -0.110. The van der Waals surface area contributed by atoms with E-state index in [9.17, 15) is 9.59 Å². The first kappa shape index (κ1) is 8.79. The smallest absolute Gasteiger partial charge is 0.254 e. The maximum Gasteiger partial charge on any atom is 0.254 e. The summed E-state index contributed by atoms with van der Waals surface area (Å²) in [5.74, 6) is -0.289. The third-order valence-corrected chi connectivity index (χ3v) is 1.25. The zero-order valence-electron chi connectivity index (χ0n) is 5.94. The van der Waals surface area contributed by atoms with Gasteiger partial charge in [0.2, 0.25) is 5.88 Å². The number of nitrogens with one attached hydrogen (secondary N) is 1. The second kappa shape index (κ2) is 3.40. The molecule has 0 aliphatic heterocycles. The molecule has 1 rings (SSSR count). The van der Waals surface area contributed by atoms with Gasteiger partial charge in [0.15, 0.2) is 5.12 Å². The third-order valence-electron chi connectivity index (χ3n) is 1.10. The molecule has 0 atom stereocenters. The Bertz CT molecular complexity index is 360. The molecular weight excluding hydrogens is 180 g/mol. The van der Waals surface area contributed by atoms with Crippen molar-refractivity contribution in [3.63, 3.8) is 0 Å². The summed E-state index contributed by atoms with van der Waals surface area (Å²) in [6, 6.07) is 0.923. The summed E-state index contributed by atoms with van der Waals surface area (Å²) in [5.41, 5.74) is -0.493. The standard InChI is InChI=1S/C6H6N2O3S/c9-4-2-5(10)8-3(7-4)1-6(11)12/h2H,1H2,(H,11,12)(H2,7,8,9,10). The van der Waals surface area contributed by atoms with E-state index in [1.807, 2.05) is 0 Å². The van der Waals surface area contributed by atoms with Crippen LogP contribution in [0, 0.1) is 0 Å². The molecule has 12 heavy (non-hydrogen) atoms. The Morgan fingerprint density at radius 2 is 2.42 bits per heavy atom. The van der Waals surface area contributed by atoms with E-state index < -0.39 is 16.6 Å². The molecule has 0 fully saturated rings. The van der Waals surface area contributed by atoms with Crippen LogP contribution in [0.4, 0.5) is 0 Å². The predicted octanol–water partition coefficient (Wildman–Crippen LogP) is -0.526. The second-order valence-electron chi connectivity index (χ2n) is 2.12. The molecule has 0 spiro atoms. The molecule has 0 saturated carbocycles. The van der Waals surface area contributed by atoms with Gasteiger partial charge < -0.3 is 10.1 Å². The van der Waals surface area contributed by atoms with Gasteiger partial charge in [0.1, 0.15) is 5.82 Å². The Morgan fingerprint density at radius 1 is 1.75 bits per heavy atom. The molecule has 0 aromatic carbocycles. The Labute approximate surface area is 72.9 Å². The highest BCUT2D eigenvalue weighted by Gasteiger charge is 2.02. The highest BCUT2D eigenvalue weighted by atomic mass is 32.1. The maximum absolute atomic E-state index is 10.7. The van der Waals surface area contributed by atoms with E-state index in [0.29, 0.717) is 0 Å². The summed E-state index contributed by atoms with van der Waals surface area (Å²) in [7, 11) is 0. The molecule has 6 heteroatoms. The van der Waals surface area contributed by atoms with Gasteiger partial charge in [-0.25, -0.2) is 0 Å². The zero-order valence-corrected chi connectivity index (χ0v) is 6.84. The highest BCUT2D eigenvalue weighted by molar-refractivity contribution is 7.96. The van der Waals surface area contributed by atoms with E-state index in [0.717, 1.165) is 6.07 Å². The van der Waals surface area contributed by atoms with Crippen LogP contribution in [0.1, 0.15) is 5.82 Å². The minimum atomic E-state index is -0.493. The molecule has 1 aromatic rings. The average molecular weight is 186 g/mol. The average Bonchev–Trinajstić information content (AvgIpc) is 1.81. The van der Waals surface area contributed by atoms with Crippen molar-refractivity contribution in [1.82, 2.24) is 9.97 Å². The van der Waals surface area contributed by atoms with Crippen molar-refractivity contribution in [2.75, 3.05) is 0 Å². The van der Waals surface area contributed by atoms with Crippen LogP contribution in [0.2, 0.25) is 0 Å². The van der Waals surface area contributed by atoms with Gasteiger partial charge in [-0.05, 0) is 0 Å². The predicted molar refractivity (Wildman–Crippen MR) is 44.2 cm³/mol. The van der Waals surface area contributed by atoms with Crippen LogP contribution in [0.25, 0.3) is 0 Å². The third kappa shape index (κ3) is 2.39. The molecule has 0 aliphatic rings. The van der Waals surface area contributed by atoms with Crippen LogP contribution in [0.3, 0.4) is 0 Å². The number of aromatic amines is 1. The lowest BCUT2D eigenvalue weighted by Gasteiger charge is -1.95. The summed E-state index contributed by atoms with van der Waals surface area (Å²) in [6.45, 7) is 0. The molecule has 1 heterocycles. The molecule has 0 radical (unpaired) electrons. The Balaban J connectivity index is 3.01. The number of H-pyrrole nitrogens is 1. The summed E-state index contributed by atoms with van der Waals surface area (Å²) < 4.78 is 0. The molecule has 64 valence electrons. The van der Waals surface area contributed by atoms with E-state index >= 15 is 0 Å². The number of carbonyl (C=O) groups excluding carboxylic acids is 1. The largest absolute Gasteiger partial charge is 0.493 e. The molecule has 1 aromatic heterocycles. The first-order chi connectivity index (χ1) is 5.58. The van der Waals surface area contributed by atoms with Gasteiger partial charge in [-0.1, -0.05) is 0 Å². The van der Waals surface area contributed by atoms with Gasteiger partial charge in [-0.2, -0.15) is 4.98 Å². The summed E-state index contributed by atoms with van der Waals surface area (Å²) in [6.07, 6.45) is -0.104. The van der Waals surface area contributed by atoms with Crippen LogP contribution < -0.4 is 5.56 Å². The van der Waals surface area contributed by atoms with E-state index in [1.54, 1.807) is 0 Å². The van der Waals surface area contributed by atoms with Crippen LogP contribution in [-0.2, 0) is 11.2 Å². The van der Waals surface area contributed by atoms with Crippen molar-refractivity contribution < 1.29 is 9.90 Å². The second-order valence-corrected chi connectivity index (χ2v) is 2.62. The number of aromatic hydroxyl groups is 1. The van der Waals surface area contributed by atoms with Crippen LogP contribution in [0.5, 0.6) is 5.88 Å². The van der Waals surface area contributed by atoms with Crippen molar-refractivity contribution in [2.45, 2.75) is 6.42 Å². The number of thiol groups is 1. The monoisotopic (exact) mass is 186 g/mol. The van der Waals surface area contributed by atoms with Crippen LogP contribution in [-0.4, -0.2) is 20.2 Å². The summed E-state index contributed by atoms with van der Waals surface area (Å²) in [4.78, 5) is 26.9. The van der Waals surface area contributed by atoms with Crippen LogP contribution >= 0.6 is 12.6 Å². The molecule has 0 amide bonds. The van der Waals surface area contributed by atoms with Crippen molar-refractivity contribution in [1.29, 1.82) is 0 Å². The van der Waals surface area contributed by atoms with E-state index in [2.05, 4.69) is 22.6 Å². The number of nitrogens with zero attached hydrogens (tertiary/aromatic N) is 1. The SMILES string of the molecule is O=C(S)Cc1nc(O)cc(=O)[nH]1. The van der Waals surface area contributed by atoms with Gasteiger partial charge in [-0.3, -0.25) is 9.59 Å². The fourth-order valence-corrected chi connectivity index (χ4v) is 0.871. The van der Waals surface area contributed by atoms with Gasteiger partial charge >= 0.3 is 0 Å². The molecule has 5 nitrogen and oxygen atoms in total. The summed E-state index contributed by atoms with van der Waals surface area (Å²) >= 11 is 3.50. The van der Waals surface area contributed by atoms with Crippen LogP contribution in [0.15, 0.2) is 10.9 Å². The topological polar surface area (TPSA) is 83.0 Å². The minimum absolute atomic E-state index is 0.104. The highest BCUT2D eigenvalue weighted by Crippen LogP contribution is 1.99. The van der Waals surface area contributed by atoms with Crippen molar-refractivity contribution in [3.05, 3.63) is 22.2 Å². The van der Waals surface area contributed by atoms with E-state index in [-0.39, 0.29) is 12.2 Å². The molecule has 0 bridgehead atoms. The number of hydrogen-bond donors (Lipinski definition) is 3. The number of rotatable bonds is 2. The molecule has 0 aliphatic carbocycles. The van der Waals surface area contributed by atoms with Gasteiger partial charge in [0.05, 0.1) is 12.5 Å². The Morgan fingerprint density at radius 3 is 2.92 bits per heavy atom. The van der Waals surface area contributed by atoms with E-state index in [4.69, 9.17) is 5.11 Å². The number of carbonyl (C=O) groups is 1. The lowest BCUT2D eigenvalue weighted by Crippen LogP contribution is -2.11. The zero-order chi connectivity index (χ0) is 9.14. The first-order valence-electron chi connectivity index (χ1n) is 3.09. The minimum Gasteiger partial charge on any atom is -0.493 e. The molecular formula is C6H6N2O3S. The van der Waals surface area contributed by atoms with Gasteiger partial charge in [0, 0.05) is 0 Å². The number of hydrogen-bond acceptors (Lipinski definition) is 4. The molecule has 0 unspecified atom stereocenters. The fourth-order valence-electron chi connectivity index (χ4n) is 0.721. The van der Waals surface area contributed by atoms with Crippen molar-refractivity contribution in [2.24, 2.45) is 0 Å². The van der Waals surface area contributed by atoms with Gasteiger partial charge in [0.25, 0.3) is 5.56 Å². The first-order valence-corrected chi connectivity index (χ1v) is 3.53. The number of aromatic nitrogens is 2. The van der Waals surface area contributed by atoms with Gasteiger partial charge in [-0.15, -0.1) is 12.6 Å². The maximum atomic E-state index is 10.7. The Kier molecular flexibility index (Phi) is 2.49. The quantitative estimate of drug-likeness (QED) is 0.542. The summed E-state index contributed by atoms with van der Waals surface area (Å²) in [5, 5.41) is 8.41. The van der Waals surface area contributed by atoms with Crippen molar-refractivity contribution in [3.8, 4) is 5.88 Å². The molecule has 0 saturated heterocycles. The lowest BCUT2D eigenvalue weighted by atomic mass is 10.4. The normalized spacial score (nSPS) is 9.75. The fraction of sp³-hybridized carbons (Fsp3) is 0.167. The van der Waals surface area contributed by atoms with Crippen molar-refractivity contribution >= 4 is 17.7 Å². The van der Waals surface area contributed by atoms with E-state index in [1.165, 1.54) is 0 Å².